The van der Waals surface area contributed by atoms with Gasteiger partial charge in [-0.15, -0.1) is 22.9 Å². The molecule has 0 saturated heterocycles. The number of fused-ring (bicyclic) bond motifs is 1. The van der Waals surface area contributed by atoms with Gasteiger partial charge >= 0.3 is 0 Å². The van der Waals surface area contributed by atoms with E-state index in [9.17, 15) is 0 Å². The van der Waals surface area contributed by atoms with Gasteiger partial charge in [-0.3, -0.25) is 0 Å². The average Bonchev–Trinajstić information content (AvgIpc) is 2.96. The van der Waals surface area contributed by atoms with Crippen LogP contribution in [-0.4, -0.2) is 14.5 Å². The highest BCUT2D eigenvalue weighted by Crippen LogP contribution is 2.31. The monoisotopic (exact) mass is 359 g/mol. The fourth-order valence-corrected chi connectivity index (χ4v) is 3.34. The Kier molecular flexibility index (Phi) is 4.14. The number of rotatable bonds is 3. The van der Waals surface area contributed by atoms with Crippen molar-refractivity contribution in [3.63, 3.8) is 0 Å². The van der Waals surface area contributed by atoms with Crippen LogP contribution in [-0.2, 0) is 6.54 Å². The number of hydrogen-bond donors (Lipinski definition) is 0. The van der Waals surface area contributed by atoms with Crippen molar-refractivity contribution < 1.29 is 0 Å². The smallest absolute Gasteiger partial charge is 0.128 e. The molecule has 2 heterocycles. The van der Waals surface area contributed by atoms with Crippen LogP contribution in [0.25, 0.3) is 11.0 Å². The number of alkyl halides is 1. The minimum atomic E-state index is -0.213. The molecule has 0 bridgehead atoms. The third kappa shape index (κ3) is 2.90. The lowest BCUT2D eigenvalue weighted by Crippen LogP contribution is -2.06. The third-order valence-electron chi connectivity index (χ3n) is 3.16. The summed E-state index contributed by atoms with van der Waals surface area (Å²) in [6.45, 7) is 4.50. The molecular weight excluding hydrogens is 349 g/mol. The maximum atomic E-state index is 6.26. The molecule has 1 aromatic carbocycles. The molecule has 0 aliphatic rings. The van der Waals surface area contributed by atoms with Gasteiger partial charge in [-0.25, -0.2) is 9.97 Å². The summed E-state index contributed by atoms with van der Waals surface area (Å²) in [5.74, 6) is 0.788. The first kappa shape index (κ1) is 15.1. The minimum Gasteiger partial charge on any atom is -0.321 e. The molecule has 0 amide bonds. The molecule has 0 N–H and O–H groups in total. The zero-order chi connectivity index (χ0) is 15.1. The van der Waals surface area contributed by atoms with Crippen molar-refractivity contribution in [2.24, 2.45) is 0 Å². The van der Waals surface area contributed by atoms with E-state index in [-0.39, 0.29) is 5.38 Å². The number of benzene rings is 1. The number of aromatic nitrogens is 3. The number of hydrogen-bond acceptors (Lipinski definition) is 3. The zero-order valence-corrected chi connectivity index (χ0v) is 14.5. The molecule has 0 radical (unpaired) electrons. The summed E-state index contributed by atoms with van der Waals surface area (Å²) >= 11 is 20.1. The van der Waals surface area contributed by atoms with Gasteiger partial charge in [-0.05, 0) is 26.0 Å². The number of nitrogens with zero attached hydrogens (tertiary/aromatic N) is 3. The molecular formula is C14H12Cl3N3S. The number of halogens is 3. The van der Waals surface area contributed by atoms with Crippen LogP contribution in [0.1, 0.15) is 28.8 Å². The Morgan fingerprint density at radius 3 is 2.57 bits per heavy atom. The standard InChI is InChI=1S/C14H12Cl3N3S/c1-7(15)14-19-12-3-10(16)11(17)4-13(12)20(14)5-9-6-21-8(2)18-9/h3-4,6-7H,5H2,1-2H3. The molecule has 1 atom stereocenters. The maximum absolute atomic E-state index is 6.26. The molecule has 3 nitrogen and oxygen atoms in total. The van der Waals surface area contributed by atoms with Crippen LogP contribution in [0.15, 0.2) is 17.5 Å². The van der Waals surface area contributed by atoms with Crippen LogP contribution in [0, 0.1) is 6.92 Å². The summed E-state index contributed by atoms with van der Waals surface area (Å²) in [5.41, 5.74) is 2.69. The first-order valence-corrected chi connectivity index (χ1v) is 8.43. The summed E-state index contributed by atoms with van der Waals surface area (Å²) < 4.78 is 2.05. The Labute approximate surface area is 141 Å². The minimum absolute atomic E-state index is 0.213. The second-order valence-corrected chi connectivity index (χ2v) is 7.32. The molecule has 110 valence electrons. The molecule has 0 saturated carbocycles. The van der Waals surface area contributed by atoms with Gasteiger partial charge in [0.15, 0.2) is 0 Å². The van der Waals surface area contributed by atoms with Crippen molar-refractivity contribution in [3.8, 4) is 0 Å². The molecule has 0 aliphatic heterocycles. The quantitative estimate of drug-likeness (QED) is 0.581. The highest BCUT2D eigenvalue weighted by Gasteiger charge is 2.17. The van der Waals surface area contributed by atoms with E-state index >= 15 is 0 Å². The van der Waals surface area contributed by atoms with Crippen LogP contribution < -0.4 is 0 Å². The first-order chi connectivity index (χ1) is 9.95. The predicted molar refractivity (Wildman–Crippen MR) is 90.0 cm³/mol. The van der Waals surface area contributed by atoms with E-state index in [1.807, 2.05) is 29.9 Å². The molecule has 7 heteroatoms. The second-order valence-electron chi connectivity index (χ2n) is 4.79. The highest BCUT2D eigenvalue weighted by atomic mass is 35.5. The van der Waals surface area contributed by atoms with Gasteiger partial charge in [0.2, 0.25) is 0 Å². The molecule has 1 unspecified atom stereocenters. The number of thiazole rings is 1. The van der Waals surface area contributed by atoms with Crippen LogP contribution >= 0.6 is 46.1 Å². The fraction of sp³-hybridized carbons (Fsp3) is 0.286. The SMILES string of the molecule is Cc1nc(Cn2c(C(C)Cl)nc3cc(Cl)c(Cl)cc32)cs1. The molecule has 0 fully saturated rings. The van der Waals surface area contributed by atoms with Gasteiger partial charge in [0.1, 0.15) is 5.82 Å². The molecule has 0 spiro atoms. The summed E-state index contributed by atoms with van der Waals surface area (Å²) in [5, 5.41) is 3.87. The Hall–Kier alpha value is -0.810. The summed E-state index contributed by atoms with van der Waals surface area (Å²) in [6.07, 6.45) is 0. The normalized spacial score (nSPS) is 13.0. The lowest BCUT2D eigenvalue weighted by atomic mass is 10.3. The molecule has 21 heavy (non-hydrogen) atoms. The van der Waals surface area contributed by atoms with Crippen molar-refractivity contribution in [1.82, 2.24) is 14.5 Å². The van der Waals surface area contributed by atoms with E-state index in [4.69, 9.17) is 34.8 Å². The zero-order valence-electron chi connectivity index (χ0n) is 11.4. The molecule has 0 aliphatic carbocycles. The van der Waals surface area contributed by atoms with E-state index in [1.54, 1.807) is 17.4 Å². The van der Waals surface area contributed by atoms with Crippen LogP contribution in [0.5, 0.6) is 0 Å². The van der Waals surface area contributed by atoms with Gasteiger partial charge < -0.3 is 4.57 Å². The van der Waals surface area contributed by atoms with Crippen LogP contribution in [0.3, 0.4) is 0 Å². The van der Waals surface area contributed by atoms with Crippen molar-refractivity contribution in [3.05, 3.63) is 44.1 Å². The number of imidazole rings is 1. The van der Waals surface area contributed by atoms with E-state index < -0.39 is 0 Å². The van der Waals surface area contributed by atoms with Crippen molar-refractivity contribution in [1.29, 1.82) is 0 Å². The van der Waals surface area contributed by atoms with Crippen molar-refractivity contribution in [2.45, 2.75) is 25.8 Å². The van der Waals surface area contributed by atoms with Crippen molar-refractivity contribution >= 4 is 57.2 Å². The predicted octanol–water partition coefficient (Wildman–Crippen LogP) is 5.46. The van der Waals surface area contributed by atoms with Crippen molar-refractivity contribution in [2.75, 3.05) is 0 Å². The van der Waals surface area contributed by atoms with E-state index in [1.165, 1.54) is 0 Å². The average molecular weight is 361 g/mol. The van der Waals surface area contributed by atoms with Gasteiger partial charge in [0.25, 0.3) is 0 Å². The van der Waals surface area contributed by atoms with Crippen LogP contribution in [0.2, 0.25) is 10.0 Å². The molecule has 2 aromatic heterocycles. The van der Waals surface area contributed by atoms with Crippen LogP contribution in [0.4, 0.5) is 0 Å². The van der Waals surface area contributed by atoms with E-state index in [0.717, 1.165) is 27.6 Å². The van der Waals surface area contributed by atoms with Gasteiger partial charge in [0, 0.05) is 5.38 Å². The summed E-state index contributed by atoms with van der Waals surface area (Å²) in [6, 6.07) is 3.60. The first-order valence-electron chi connectivity index (χ1n) is 6.36. The van der Waals surface area contributed by atoms with Gasteiger partial charge in [-0.1, -0.05) is 23.2 Å². The summed E-state index contributed by atoms with van der Waals surface area (Å²) in [7, 11) is 0. The Balaban J connectivity index is 2.17. The Bertz CT molecular complexity index is 807. The lowest BCUT2D eigenvalue weighted by Gasteiger charge is -2.09. The largest absolute Gasteiger partial charge is 0.321 e. The topological polar surface area (TPSA) is 30.7 Å². The molecule has 3 rings (SSSR count). The van der Waals surface area contributed by atoms with E-state index in [0.29, 0.717) is 16.6 Å². The van der Waals surface area contributed by atoms with E-state index in [2.05, 4.69) is 9.97 Å². The maximum Gasteiger partial charge on any atom is 0.128 e. The molecule has 3 aromatic rings. The van der Waals surface area contributed by atoms with Gasteiger partial charge in [0.05, 0.1) is 43.7 Å². The third-order valence-corrected chi connectivity index (χ3v) is 4.90. The highest BCUT2D eigenvalue weighted by molar-refractivity contribution is 7.09. The fourth-order valence-electron chi connectivity index (χ4n) is 2.25. The summed E-state index contributed by atoms with van der Waals surface area (Å²) in [4.78, 5) is 9.08. The second kappa shape index (κ2) is 5.76. The Morgan fingerprint density at radius 2 is 1.95 bits per heavy atom. The Morgan fingerprint density at radius 1 is 1.24 bits per heavy atom. The van der Waals surface area contributed by atoms with Gasteiger partial charge in [-0.2, -0.15) is 0 Å². The number of aryl methyl sites for hydroxylation is 1. The lowest BCUT2D eigenvalue weighted by molar-refractivity contribution is 0.729.